The first-order chi connectivity index (χ1) is 5.04. The molecular formula is C6H13NO4. The number of hydrogen-bond donors (Lipinski definition) is 4. The highest BCUT2D eigenvalue weighted by molar-refractivity contribution is 4.87. The van der Waals surface area contributed by atoms with E-state index >= 15 is 0 Å². The molecule has 0 bridgehead atoms. The molecule has 5 atom stereocenters. The van der Waals surface area contributed by atoms with Gasteiger partial charge >= 0.3 is 0 Å². The summed E-state index contributed by atoms with van der Waals surface area (Å²) in [4.78, 5) is 0. The van der Waals surface area contributed by atoms with Gasteiger partial charge in [0.05, 0.1) is 6.10 Å². The first kappa shape index (κ1) is 8.89. The molecule has 0 aromatic heterocycles. The second-order valence-corrected chi connectivity index (χ2v) is 2.78. The van der Waals surface area contributed by atoms with Crippen LogP contribution in [-0.4, -0.2) is 46.0 Å². The Balaban J connectivity index is 2.63. The van der Waals surface area contributed by atoms with Gasteiger partial charge in [-0.3, -0.25) is 0 Å². The summed E-state index contributed by atoms with van der Waals surface area (Å²) >= 11 is 0. The van der Waals surface area contributed by atoms with Crippen molar-refractivity contribution in [2.45, 2.75) is 37.6 Å². The predicted octanol–water partition coefficient (Wildman–Crippen LogP) is -2.23. The molecule has 66 valence electrons. The van der Waals surface area contributed by atoms with Crippen molar-refractivity contribution in [2.24, 2.45) is 5.73 Å². The minimum atomic E-state index is -1.21. The van der Waals surface area contributed by atoms with E-state index in [0.717, 1.165) is 0 Å². The number of hydrogen-bond acceptors (Lipinski definition) is 5. The minimum Gasteiger partial charge on any atom is -0.388 e. The fourth-order valence-electron chi connectivity index (χ4n) is 1.08. The molecule has 0 radical (unpaired) electrons. The van der Waals surface area contributed by atoms with Gasteiger partial charge in [-0.25, -0.2) is 0 Å². The summed E-state index contributed by atoms with van der Waals surface area (Å²) in [6, 6.07) is 0. The van der Waals surface area contributed by atoms with Crippen LogP contribution in [0.1, 0.15) is 6.92 Å². The second kappa shape index (κ2) is 3.04. The maximum atomic E-state index is 9.14. The van der Waals surface area contributed by atoms with Gasteiger partial charge in [0.2, 0.25) is 0 Å². The Kier molecular flexibility index (Phi) is 2.46. The highest BCUT2D eigenvalue weighted by Gasteiger charge is 2.39. The quantitative estimate of drug-likeness (QED) is 0.324. The number of aliphatic hydroxyl groups excluding tert-OH is 3. The Hall–Kier alpha value is -0.200. The first-order valence-corrected chi connectivity index (χ1v) is 3.49. The molecule has 1 aliphatic rings. The molecule has 1 heterocycles. The lowest BCUT2D eigenvalue weighted by molar-refractivity contribution is -0.215. The van der Waals surface area contributed by atoms with E-state index in [4.69, 9.17) is 25.8 Å². The van der Waals surface area contributed by atoms with Crippen LogP contribution in [0.3, 0.4) is 0 Å². The van der Waals surface area contributed by atoms with E-state index in [0.29, 0.717) is 0 Å². The summed E-state index contributed by atoms with van der Waals surface area (Å²) in [7, 11) is 0. The average Bonchev–Trinajstić information content (AvgIpc) is 1.97. The fraction of sp³-hybridized carbons (Fsp3) is 1.00. The van der Waals surface area contributed by atoms with Crippen molar-refractivity contribution in [1.29, 1.82) is 0 Å². The zero-order valence-corrected chi connectivity index (χ0v) is 6.21. The third kappa shape index (κ3) is 1.52. The van der Waals surface area contributed by atoms with Gasteiger partial charge in [0, 0.05) is 0 Å². The van der Waals surface area contributed by atoms with Crippen molar-refractivity contribution in [3.63, 3.8) is 0 Å². The maximum Gasteiger partial charge on any atom is 0.135 e. The smallest absolute Gasteiger partial charge is 0.135 e. The molecule has 0 unspecified atom stereocenters. The lowest BCUT2D eigenvalue weighted by Crippen LogP contribution is -2.59. The molecule has 5 nitrogen and oxygen atoms in total. The Morgan fingerprint density at radius 1 is 1.09 bits per heavy atom. The molecule has 1 saturated heterocycles. The van der Waals surface area contributed by atoms with E-state index in [9.17, 15) is 0 Å². The van der Waals surface area contributed by atoms with Crippen LogP contribution < -0.4 is 5.73 Å². The molecule has 0 spiro atoms. The minimum absolute atomic E-state index is 0.539. The maximum absolute atomic E-state index is 9.14. The van der Waals surface area contributed by atoms with Gasteiger partial charge in [0.25, 0.3) is 0 Å². The summed E-state index contributed by atoms with van der Waals surface area (Å²) in [5, 5.41) is 27.3. The average molecular weight is 163 g/mol. The standard InChI is InChI=1S/C6H13NO4/c1-2-3(8)4(9)5(10)6(7)11-2/h2-6,8-10H,7H2,1H3/t2-,3+,4+,5+,6-/m0/s1. The summed E-state index contributed by atoms with van der Waals surface area (Å²) in [5.41, 5.74) is 5.28. The van der Waals surface area contributed by atoms with Gasteiger partial charge in [-0.1, -0.05) is 0 Å². The zero-order valence-electron chi connectivity index (χ0n) is 6.21. The largest absolute Gasteiger partial charge is 0.388 e. The Morgan fingerprint density at radius 3 is 2.18 bits per heavy atom. The molecule has 1 fully saturated rings. The number of rotatable bonds is 0. The lowest BCUT2D eigenvalue weighted by atomic mass is 9.99. The van der Waals surface area contributed by atoms with Gasteiger partial charge < -0.3 is 25.8 Å². The lowest BCUT2D eigenvalue weighted by Gasteiger charge is -2.37. The van der Waals surface area contributed by atoms with Crippen molar-refractivity contribution in [3.05, 3.63) is 0 Å². The zero-order chi connectivity index (χ0) is 8.59. The van der Waals surface area contributed by atoms with Crippen molar-refractivity contribution in [1.82, 2.24) is 0 Å². The van der Waals surface area contributed by atoms with Gasteiger partial charge in [-0.15, -0.1) is 0 Å². The Morgan fingerprint density at radius 2 is 1.64 bits per heavy atom. The van der Waals surface area contributed by atoms with Crippen LogP contribution in [0.4, 0.5) is 0 Å². The SMILES string of the molecule is C[C@@H]1O[C@H](N)[C@H](O)[C@H](O)[C@@H]1O. The molecule has 1 rings (SSSR count). The monoisotopic (exact) mass is 163 g/mol. The third-order valence-corrected chi connectivity index (χ3v) is 1.89. The van der Waals surface area contributed by atoms with Crippen molar-refractivity contribution in [3.8, 4) is 0 Å². The number of nitrogens with two attached hydrogens (primary N) is 1. The highest BCUT2D eigenvalue weighted by Crippen LogP contribution is 2.17. The second-order valence-electron chi connectivity index (χ2n) is 2.78. The van der Waals surface area contributed by atoms with Crippen LogP contribution in [0.15, 0.2) is 0 Å². The van der Waals surface area contributed by atoms with Crippen LogP contribution >= 0.6 is 0 Å². The topological polar surface area (TPSA) is 95.9 Å². The van der Waals surface area contributed by atoms with Crippen LogP contribution in [0.25, 0.3) is 0 Å². The molecule has 11 heavy (non-hydrogen) atoms. The first-order valence-electron chi connectivity index (χ1n) is 3.49. The predicted molar refractivity (Wildman–Crippen MR) is 36.5 cm³/mol. The molecule has 0 amide bonds. The van der Waals surface area contributed by atoms with E-state index < -0.39 is 30.6 Å². The van der Waals surface area contributed by atoms with E-state index in [2.05, 4.69) is 0 Å². The van der Waals surface area contributed by atoms with Gasteiger partial charge in [0.15, 0.2) is 0 Å². The van der Waals surface area contributed by atoms with Crippen molar-refractivity contribution >= 4 is 0 Å². The van der Waals surface area contributed by atoms with Gasteiger partial charge in [-0.2, -0.15) is 0 Å². The molecule has 1 aliphatic heterocycles. The summed E-state index contributed by atoms with van der Waals surface area (Å²) < 4.78 is 4.90. The molecule has 0 aromatic rings. The summed E-state index contributed by atoms with van der Waals surface area (Å²) in [6.45, 7) is 1.58. The van der Waals surface area contributed by atoms with Crippen LogP contribution in [0, 0.1) is 0 Å². The van der Waals surface area contributed by atoms with Gasteiger partial charge in [-0.05, 0) is 6.92 Å². The van der Waals surface area contributed by atoms with E-state index in [-0.39, 0.29) is 0 Å². The Bertz CT molecular complexity index is 129. The molecule has 0 aliphatic carbocycles. The molecule has 0 aromatic carbocycles. The van der Waals surface area contributed by atoms with E-state index in [1.54, 1.807) is 6.92 Å². The normalized spacial score (nSPS) is 52.6. The van der Waals surface area contributed by atoms with Crippen LogP contribution in [0.5, 0.6) is 0 Å². The number of aliphatic hydroxyl groups is 3. The number of ether oxygens (including phenoxy) is 1. The van der Waals surface area contributed by atoms with Crippen LogP contribution in [-0.2, 0) is 4.74 Å². The third-order valence-electron chi connectivity index (χ3n) is 1.89. The van der Waals surface area contributed by atoms with Crippen molar-refractivity contribution < 1.29 is 20.1 Å². The van der Waals surface area contributed by atoms with Gasteiger partial charge in [0.1, 0.15) is 24.5 Å². The molecular weight excluding hydrogens is 150 g/mol. The van der Waals surface area contributed by atoms with Crippen molar-refractivity contribution in [2.75, 3.05) is 0 Å². The van der Waals surface area contributed by atoms with E-state index in [1.165, 1.54) is 0 Å². The summed E-state index contributed by atoms with van der Waals surface area (Å²) in [5.74, 6) is 0. The molecule has 5 heteroatoms. The fourth-order valence-corrected chi connectivity index (χ4v) is 1.08. The molecule has 0 saturated carbocycles. The Labute approximate surface area is 64.4 Å². The summed E-state index contributed by atoms with van der Waals surface area (Å²) in [6.07, 6.45) is -4.94. The van der Waals surface area contributed by atoms with Crippen LogP contribution in [0.2, 0.25) is 0 Å². The van der Waals surface area contributed by atoms with E-state index in [1.807, 2.05) is 0 Å². The highest BCUT2D eigenvalue weighted by atomic mass is 16.5. The molecule has 5 N–H and O–H groups in total.